The van der Waals surface area contributed by atoms with Crippen LogP contribution in [0.4, 0.5) is 0 Å². The predicted molar refractivity (Wildman–Crippen MR) is 53.7 cm³/mol. The number of esters is 1. The summed E-state index contributed by atoms with van der Waals surface area (Å²) in [6.45, 7) is 1.97. The van der Waals surface area contributed by atoms with Gasteiger partial charge in [-0.2, -0.15) is 5.26 Å². The van der Waals surface area contributed by atoms with Gasteiger partial charge in [-0.3, -0.25) is 0 Å². The quantitative estimate of drug-likeness (QED) is 0.705. The third kappa shape index (κ3) is 2.26. The lowest BCUT2D eigenvalue weighted by atomic mass is 10.1. The highest BCUT2D eigenvalue weighted by atomic mass is 16.5. The molecule has 0 heterocycles. The Kier molecular flexibility index (Phi) is 3.69. The van der Waals surface area contributed by atoms with Crippen molar-refractivity contribution in [1.29, 1.82) is 5.26 Å². The van der Waals surface area contributed by atoms with Crippen molar-refractivity contribution in [2.45, 2.75) is 6.92 Å². The van der Waals surface area contributed by atoms with E-state index in [1.54, 1.807) is 25.1 Å². The first-order chi connectivity index (χ1) is 7.24. The molecule has 0 atom stereocenters. The zero-order chi connectivity index (χ0) is 11.3. The highest BCUT2D eigenvalue weighted by Crippen LogP contribution is 2.22. The molecule has 0 aliphatic carbocycles. The van der Waals surface area contributed by atoms with E-state index in [2.05, 4.69) is 0 Å². The van der Waals surface area contributed by atoms with Gasteiger partial charge in [0.1, 0.15) is 17.4 Å². The second-order valence-electron chi connectivity index (χ2n) is 2.72. The molecule has 0 aliphatic rings. The SMILES string of the molecule is CCOC(=O)c1c(C#N)cccc1OC. The van der Waals surface area contributed by atoms with Gasteiger partial charge < -0.3 is 9.47 Å². The molecule has 15 heavy (non-hydrogen) atoms. The fourth-order valence-corrected chi connectivity index (χ4v) is 1.21. The summed E-state index contributed by atoms with van der Waals surface area (Å²) in [5, 5.41) is 8.84. The summed E-state index contributed by atoms with van der Waals surface area (Å²) in [5.74, 6) is -0.181. The van der Waals surface area contributed by atoms with Gasteiger partial charge in [0.15, 0.2) is 0 Å². The lowest BCUT2D eigenvalue weighted by Gasteiger charge is -2.08. The van der Waals surface area contributed by atoms with Crippen molar-refractivity contribution >= 4 is 5.97 Å². The first-order valence-corrected chi connectivity index (χ1v) is 4.48. The number of hydrogen-bond donors (Lipinski definition) is 0. The highest BCUT2D eigenvalue weighted by molar-refractivity contribution is 5.95. The first-order valence-electron chi connectivity index (χ1n) is 4.48. The number of ether oxygens (including phenoxy) is 2. The largest absolute Gasteiger partial charge is 0.496 e. The monoisotopic (exact) mass is 205 g/mol. The van der Waals surface area contributed by atoms with Gasteiger partial charge in [-0.1, -0.05) is 6.07 Å². The van der Waals surface area contributed by atoms with Crippen molar-refractivity contribution in [3.05, 3.63) is 29.3 Å². The number of carbonyl (C=O) groups is 1. The number of benzene rings is 1. The smallest absolute Gasteiger partial charge is 0.343 e. The average Bonchev–Trinajstić information content (AvgIpc) is 2.28. The van der Waals surface area contributed by atoms with Crippen molar-refractivity contribution in [3.8, 4) is 11.8 Å². The maximum Gasteiger partial charge on any atom is 0.343 e. The standard InChI is InChI=1S/C11H11NO3/c1-3-15-11(13)10-8(7-12)5-4-6-9(10)14-2/h4-6H,3H2,1-2H3. The summed E-state index contributed by atoms with van der Waals surface area (Å²) in [6, 6.07) is 6.75. The van der Waals surface area contributed by atoms with Crippen LogP contribution in [-0.2, 0) is 4.74 Å². The van der Waals surface area contributed by atoms with E-state index >= 15 is 0 Å². The van der Waals surface area contributed by atoms with Crippen molar-refractivity contribution in [2.24, 2.45) is 0 Å². The second kappa shape index (κ2) is 5.01. The fraction of sp³-hybridized carbons (Fsp3) is 0.273. The van der Waals surface area contributed by atoms with E-state index in [-0.39, 0.29) is 17.7 Å². The van der Waals surface area contributed by atoms with Crippen LogP contribution >= 0.6 is 0 Å². The van der Waals surface area contributed by atoms with Crippen LogP contribution in [0, 0.1) is 11.3 Å². The van der Waals surface area contributed by atoms with E-state index in [0.717, 1.165) is 0 Å². The molecule has 0 spiro atoms. The minimum Gasteiger partial charge on any atom is -0.496 e. The van der Waals surface area contributed by atoms with E-state index in [4.69, 9.17) is 14.7 Å². The first kappa shape index (κ1) is 11.1. The molecule has 0 N–H and O–H groups in total. The maximum atomic E-state index is 11.6. The van der Waals surface area contributed by atoms with Gasteiger partial charge in [0.05, 0.1) is 19.3 Å². The van der Waals surface area contributed by atoms with Gasteiger partial charge in [-0.15, -0.1) is 0 Å². The van der Waals surface area contributed by atoms with Crippen LogP contribution < -0.4 is 4.74 Å². The van der Waals surface area contributed by atoms with Gasteiger partial charge in [0, 0.05) is 0 Å². The van der Waals surface area contributed by atoms with Gasteiger partial charge in [0.25, 0.3) is 0 Å². The number of methoxy groups -OCH3 is 1. The Morgan fingerprint density at radius 2 is 2.27 bits per heavy atom. The maximum absolute atomic E-state index is 11.6. The summed E-state index contributed by atoms with van der Waals surface area (Å²) in [7, 11) is 1.44. The van der Waals surface area contributed by atoms with Crippen LogP contribution in [0.2, 0.25) is 0 Å². The molecule has 0 fully saturated rings. The Hall–Kier alpha value is -2.02. The molecule has 78 valence electrons. The van der Waals surface area contributed by atoms with Crippen LogP contribution in [0.25, 0.3) is 0 Å². The second-order valence-corrected chi connectivity index (χ2v) is 2.72. The molecule has 0 saturated carbocycles. The zero-order valence-electron chi connectivity index (χ0n) is 8.61. The van der Waals surface area contributed by atoms with Crippen LogP contribution in [0.3, 0.4) is 0 Å². The van der Waals surface area contributed by atoms with Crippen LogP contribution in [0.15, 0.2) is 18.2 Å². The highest BCUT2D eigenvalue weighted by Gasteiger charge is 2.17. The third-order valence-electron chi connectivity index (χ3n) is 1.85. The van der Waals surface area contributed by atoms with Crippen LogP contribution in [0.1, 0.15) is 22.8 Å². The summed E-state index contributed by atoms with van der Waals surface area (Å²) in [4.78, 5) is 11.6. The molecule has 4 nitrogen and oxygen atoms in total. The molecule has 0 amide bonds. The number of carbonyl (C=O) groups excluding carboxylic acids is 1. The lowest BCUT2D eigenvalue weighted by Crippen LogP contribution is -2.09. The molecule has 1 aromatic carbocycles. The van der Waals surface area contributed by atoms with Crippen molar-refractivity contribution in [1.82, 2.24) is 0 Å². The van der Waals surface area contributed by atoms with Gasteiger partial charge in [-0.25, -0.2) is 4.79 Å². The molecule has 0 saturated heterocycles. The van der Waals surface area contributed by atoms with E-state index in [1.165, 1.54) is 7.11 Å². The van der Waals surface area contributed by atoms with E-state index in [9.17, 15) is 4.79 Å². The molecule has 4 heteroatoms. The minimum atomic E-state index is -0.536. The van der Waals surface area contributed by atoms with Gasteiger partial charge in [-0.05, 0) is 19.1 Å². The Labute approximate surface area is 88.0 Å². The Morgan fingerprint density at radius 1 is 1.53 bits per heavy atom. The van der Waals surface area contributed by atoms with Crippen molar-refractivity contribution in [2.75, 3.05) is 13.7 Å². The molecule has 0 bridgehead atoms. The van der Waals surface area contributed by atoms with Crippen molar-refractivity contribution < 1.29 is 14.3 Å². The van der Waals surface area contributed by atoms with Gasteiger partial charge >= 0.3 is 5.97 Å². The van der Waals surface area contributed by atoms with Crippen LogP contribution in [0.5, 0.6) is 5.75 Å². The van der Waals surface area contributed by atoms with E-state index in [1.807, 2.05) is 6.07 Å². The molecule has 1 rings (SSSR count). The normalized spacial score (nSPS) is 9.13. The van der Waals surface area contributed by atoms with E-state index < -0.39 is 5.97 Å². The van der Waals surface area contributed by atoms with Gasteiger partial charge in [0.2, 0.25) is 0 Å². The Balaban J connectivity index is 3.23. The number of hydrogen-bond acceptors (Lipinski definition) is 4. The molecular weight excluding hydrogens is 194 g/mol. The minimum absolute atomic E-state index is 0.185. The fourth-order valence-electron chi connectivity index (χ4n) is 1.21. The molecule has 1 aromatic rings. The summed E-state index contributed by atoms with van der Waals surface area (Å²) in [5.41, 5.74) is 0.442. The Bertz CT molecular complexity index is 407. The topological polar surface area (TPSA) is 59.3 Å². The Morgan fingerprint density at radius 3 is 2.80 bits per heavy atom. The lowest BCUT2D eigenvalue weighted by molar-refractivity contribution is 0.0522. The summed E-state index contributed by atoms with van der Waals surface area (Å²) in [6.07, 6.45) is 0. The van der Waals surface area contributed by atoms with Crippen LogP contribution in [-0.4, -0.2) is 19.7 Å². The molecule has 0 unspecified atom stereocenters. The average molecular weight is 205 g/mol. The number of rotatable bonds is 3. The third-order valence-corrected chi connectivity index (χ3v) is 1.85. The molecular formula is C11H11NO3. The van der Waals surface area contributed by atoms with E-state index in [0.29, 0.717) is 5.75 Å². The molecule has 0 aromatic heterocycles. The molecule has 0 aliphatic heterocycles. The summed E-state index contributed by atoms with van der Waals surface area (Å²) < 4.78 is 9.85. The zero-order valence-corrected chi connectivity index (χ0v) is 8.61. The molecule has 0 radical (unpaired) electrons. The predicted octanol–water partition coefficient (Wildman–Crippen LogP) is 1.74. The summed E-state index contributed by atoms with van der Waals surface area (Å²) >= 11 is 0. The number of nitriles is 1. The van der Waals surface area contributed by atoms with Crippen molar-refractivity contribution in [3.63, 3.8) is 0 Å². The number of nitrogens with zero attached hydrogens (tertiary/aromatic N) is 1.